The van der Waals surface area contributed by atoms with Crippen LogP contribution in [0.2, 0.25) is 0 Å². The predicted octanol–water partition coefficient (Wildman–Crippen LogP) is 2.34. The zero-order valence-corrected chi connectivity index (χ0v) is 9.86. The van der Waals surface area contributed by atoms with E-state index in [-0.39, 0.29) is 0 Å². The fraction of sp³-hybridized carbons (Fsp3) is 0.385. The average Bonchev–Trinajstić information content (AvgIpc) is 2.67. The summed E-state index contributed by atoms with van der Waals surface area (Å²) in [4.78, 5) is 2.25. The van der Waals surface area contributed by atoms with Gasteiger partial charge in [0.25, 0.3) is 0 Å². The molecule has 0 spiro atoms. The molecule has 0 aliphatic carbocycles. The number of nitrogens with two attached hydrogens (primary N) is 1. The number of fused-ring (bicyclic) bond motifs is 1. The lowest BCUT2D eigenvalue weighted by Gasteiger charge is -2.13. The smallest absolute Gasteiger partial charge is 0.134 e. The Balaban J connectivity index is 2.47. The van der Waals surface area contributed by atoms with Crippen molar-refractivity contribution in [3.63, 3.8) is 0 Å². The van der Waals surface area contributed by atoms with E-state index >= 15 is 0 Å². The second-order valence-corrected chi connectivity index (χ2v) is 4.03. The highest BCUT2D eigenvalue weighted by Crippen LogP contribution is 2.26. The van der Waals surface area contributed by atoms with Crippen LogP contribution < -0.4 is 5.73 Å². The number of hydrogen-bond donors (Lipinski definition) is 1. The minimum Gasteiger partial charge on any atom is -0.459 e. The molecule has 1 aromatic heterocycles. The van der Waals surface area contributed by atoms with Crippen LogP contribution in [0.4, 0.5) is 0 Å². The molecule has 0 aliphatic rings. The molecule has 2 N–H and O–H groups in total. The van der Waals surface area contributed by atoms with Gasteiger partial charge in [0.05, 0.1) is 6.54 Å². The molecule has 3 nitrogen and oxygen atoms in total. The van der Waals surface area contributed by atoms with Gasteiger partial charge < -0.3 is 15.1 Å². The zero-order valence-electron chi connectivity index (χ0n) is 9.86. The molecule has 0 bridgehead atoms. The molecule has 0 saturated heterocycles. The van der Waals surface area contributed by atoms with Crippen molar-refractivity contribution in [3.8, 4) is 0 Å². The molecule has 1 aromatic carbocycles. The largest absolute Gasteiger partial charge is 0.459 e. The third kappa shape index (κ3) is 1.96. The Bertz CT molecular complexity index is 476. The summed E-state index contributed by atoms with van der Waals surface area (Å²) < 4.78 is 5.74. The van der Waals surface area contributed by atoms with Gasteiger partial charge in [-0.1, -0.05) is 25.1 Å². The third-order valence-electron chi connectivity index (χ3n) is 2.94. The van der Waals surface area contributed by atoms with Gasteiger partial charge in [-0.05, 0) is 19.7 Å². The summed E-state index contributed by atoms with van der Waals surface area (Å²) in [7, 11) is 2.10. The van der Waals surface area contributed by atoms with E-state index in [1.165, 1.54) is 10.9 Å². The van der Waals surface area contributed by atoms with E-state index in [0.29, 0.717) is 6.54 Å². The van der Waals surface area contributed by atoms with Crippen molar-refractivity contribution >= 4 is 11.0 Å². The second-order valence-electron chi connectivity index (χ2n) is 4.03. The van der Waals surface area contributed by atoms with Gasteiger partial charge in [-0.3, -0.25) is 0 Å². The molecule has 16 heavy (non-hydrogen) atoms. The Kier molecular flexibility index (Phi) is 3.27. The molecule has 1 heterocycles. The molecule has 0 fully saturated rings. The summed E-state index contributed by atoms with van der Waals surface area (Å²) in [5.41, 5.74) is 7.88. The molecular weight excluding hydrogens is 200 g/mol. The monoisotopic (exact) mass is 218 g/mol. The summed E-state index contributed by atoms with van der Waals surface area (Å²) in [6, 6.07) is 8.10. The Labute approximate surface area is 95.8 Å². The summed E-state index contributed by atoms with van der Waals surface area (Å²) in [6.07, 6.45) is 0. The molecule has 0 aliphatic heterocycles. The Hall–Kier alpha value is -1.32. The highest BCUT2D eigenvalue weighted by atomic mass is 16.3. The molecule has 0 atom stereocenters. The summed E-state index contributed by atoms with van der Waals surface area (Å²) in [5.74, 6) is 0.904. The van der Waals surface area contributed by atoms with E-state index in [9.17, 15) is 0 Å². The second kappa shape index (κ2) is 4.68. The molecule has 0 radical (unpaired) electrons. The average molecular weight is 218 g/mol. The predicted molar refractivity (Wildman–Crippen MR) is 66.1 cm³/mol. The minimum atomic E-state index is 0.460. The van der Waals surface area contributed by atoms with Crippen LogP contribution >= 0.6 is 0 Å². The van der Waals surface area contributed by atoms with E-state index in [1.54, 1.807) is 0 Å². The topological polar surface area (TPSA) is 42.4 Å². The zero-order chi connectivity index (χ0) is 11.5. The Morgan fingerprint density at radius 3 is 2.75 bits per heavy atom. The lowest BCUT2D eigenvalue weighted by atomic mass is 10.1. The van der Waals surface area contributed by atoms with E-state index < -0.39 is 0 Å². The van der Waals surface area contributed by atoms with Crippen LogP contribution in [0.3, 0.4) is 0 Å². The van der Waals surface area contributed by atoms with Crippen molar-refractivity contribution in [1.82, 2.24) is 4.90 Å². The molecule has 86 valence electrons. The molecule has 3 heteroatoms. The molecule has 2 rings (SSSR count). The SMILES string of the molecule is CCN(C)Cc1c(CN)oc2ccccc12. The van der Waals surface area contributed by atoms with Crippen LogP contribution in [0.1, 0.15) is 18.2 Å². The van der Waals surface area contributed by atoms with Gasteiger partial charge in [0.2, 0.25) is 0 Å². The molecule has 0 unspecified atom stereocenters. The van der Waals surface area contributed by atoms with E-state index in [0.717, 1.165) is 24.4 Å². The van der Waals surface area contributed by atoms with Crippen molar-refractivity contribution in [1.29, 1.82) is 0 Å². The van der Waals surface area contributed by atoms with Crippen LogP contribution in [0, 0.1) is 0 Å². The van der Waals surface area contributed by atoms with Gasteiger partial charge >= 0.3 is 0 Å². The number of para-hydroxylation sites is 1. The van der Waals surface area contributed by atoms with Crippen LogP contribution in [0.15, 0.2) is 28.7 Å². The fourth-order valence-electron chi connectivity index (χ4n) is 1.87. The Morgan fingerprint density at radius 2 is 2.06 bits per heavy atom. The first-order valence-electron chi connectivity index (χ1n) is 5.64. The van der Waals surface area contributed by atoms with Crippen LogP contribution in [0.5, 0.6) is 0 Å². The summed E-state index contributed by atoms with van der Waals surface area (Å²) >= 11 is 0. The molecule has 2 aromatic rings. The van der Waals surface area contributed by atoms with Gasteiger partial charge in [0.15, 0.2) is 0 Å². The van der Waals surface area contributed by atoms with E-state index in [2.05, 4.69) is 24.9 Å². The summed E-state index contributed by atoms with van der Waals surface area (Å²) in [5, 5.41) is 1.18. The quantitative estimate of drug-likeness (QED) is 0.856. The number of nitrogens with zero attached hydrogens (tertiary/aromatic N) is 1. The first-order valence-corrected chi connectivity index (χ1v) is 5.64. The maximum Gasteiger partial charge on any atom is 0.134 e. The van der Waals surface area contributed by atoms with Crippen molar-refractivity contribution < 1.29 is 4.42 Å². The normalized spacial score (nSPS) is 11.5. The third-order valence-corrected chi connectivity index (χ3v) is 2.94. The number of furan rings is 1. The van der Waals surface area contributed by atoms with Gasteiger partial charge in [-0.2, -0.15) is 0 Å². The van der Waals surface area contributed by atoms with Crippen LogP contribution in [-0.2, 0) is 13.1 Å². The highest BCUT2D eigenvalue weighted by molar-refractivity contribution is 5.82. The van der Waals surface area contributed by atoms with Crippen molar-refractivity contribution in [3.05, 3.63) is 35.6 Å². The number of rotatable bonds is 4. The standard InChI is InChI=1S/C13H18N2O/c1-3-15(2)9-11-10-6-4-5-7-12(10)16-13(11)8-14/h4-7H,3,8-9,14H2,1-2H3. The minimum absolute atomic E-state index is 0.460. The molecule has 0 amide bonds. The van der Waals surface area contributed by atoms with Crippen molar-refractivity contribution in [2.24, 2.45) is 5.73 Å². The maximum absolute atomic E-state index is 5.74. The van der Waals surface area contributed by atoms with Crippen LogP contribution in [-0.4, -0.2) is 18.5 Å². The van der Waals surface area contributed by atoms with Gasteiger partial charge in [0, 0.05) is 17.5 Å². The highest BCUT2D eigenvalue weighted by Gasteiger charge is 2.13. The lowest BCUT2D eigenvalue weighted by molar-refractivity contribution is 0.342. The van der Waals surface area contributed by atoms with Gasteiger partial charge in [0.1, 0.15) is 11.3 Å². The first kappa shape index (κ1) is 11.2. The maximum atomic E-state index is 5.74. The van der Waals surface area contributed by atoms with E-state index in [4.69, 9.17) is 10.2 Å². The molecular formula is C13H18N2O. The number of hydrogen-bond acceptors (Lipinski definition) is 3. The Morgan fingerprint density at radius 1 is 1.31 bits per heavy atom. The first-order chi connectivity index (χ1) is 7.76. The van der Waals surface area contributed by atoms with Crippen molar-refractivity contribution in [2.75, 3.05) is 13.6 Å². The summed E-state index contributed by atoms with van der Waals surface area (Å²) in [6.45, 7) is 4.51. The van der Waals surface area contributed by atoms with Crippen molar-refractivity contribution in [2.45, 2.75) is 20.0 Å². The fourth-order valence-corrected chi connectivity index (χ4v) is 1.87. The van der Waals surface area contributed by atoms with E-state index in [1.807, 2.05) is 18.2 Å². The van der Waals surface area contributed by atoms with Gasteiger partial charge in [-0.15, -0.1) is 0 Å². The van der Waals surface area contributed by atoms with Crippen LogP contribution in [0.25, 0.3) is 11.0 Å². The van der Waals surface area contributed by atoms with Gasteiger partial charge in [-0.25, -0.2) is 0 Å². The lowest BCUT2D eigenvalue weighted by Crippen LogP contribution is -2.17. The molecule has 0 saturated carbocycles. The number of benzene rings is 1.